The van der Waals surface area contributed by atoms with Crippen LogP contribution in [0, 0.1) is 24.2 Å². The second-order valence-electron chi connectivity index (χ2n) is 4.95. The summed E-state index contributed by atoms with van der Waals surface area (Å²) in [5, 5.41) is 12.0. The normalized spacial score (nSPS) is 10.3. The Morgan fingerprint density at radius 1 is 1.42 bits per heavy atom. The molecule has 0 unspecified atom stereocenters. The second-order valence-corrected chi connectivity index (χ2v) is 4.95. The van der Waals surface area contributed by atoms with Crippen LogP contribution in [-0.2, 0) is 0 Å². The minimum atomic E-state index is 0.507. The van der Waals surface area contributed by atoms with Crippen LogP contribution in [-0.4, -0.2) is 29.6 Å². The minimum Gasteiger partial charge on any atom is -0.370 e. The highest BCUT2D eigenvalue weighted by Gasteiger charge is 2.14. The first kappa shape index (κ1) is 15.2. The monoisotopic (exact) mass is 261 g/mol. The van der Waals surface area contributed by atoms with Crippen molar-refractivity contribution in [3.05, 3.63) is 11.9 Å². The third kappa shape index (κ3) is 4.40. The van der Waals surface area contributed by atoms with E-state index in [4.69, 9.17) is 5.26 Å². The van der Waals surface area contributed by atoms with Gasteiger partial charge in [0, 0.05) is 25.2 Å². The molecule has 1 N–H and O–H groups in total. The molecule has 0 amide bonds. The van der Waals surface area contributed by atoms with Gasteiger partial charge in [-0.3, -0.25) is 0 Å². The van der Waals surface area contributed by atoms with Crippen LogP contribution in [0.2, 0.25) is 0 Å². The van der Waals surface area contributed by atoms with E-state index in [1.54, 1.807) is 6.33 Å². The Morgan fingerprint density at radius 3 is 2.74 bits per heavy atom. The van der Waals surface area contributed by atoms with Crippen molar-refractivity contribution in [2.75, 3.05) is 29.9 Å². The Morgan fingerprint density at radius 2 is 2.16 bits per heavy atom. The van der Waals surface area contributed by atoms with Crippen molar-refractivity contribution in [2.24, 2.45) is 5.92 Å². The van der Waals surface area contributed by atoms with Gasteiger partial charge in [0.2, 0.25) is 0 Å². The second kappa shape index (κ2) is 7.57. The zero-order valence-corrected chi connectivity index (χ0v) is 12.3. The largest absolute Gasteiger partial charge is 0.370 e. The molecule has 1 aromatic rings. The molecule has 0 aromatic carbocycles. The maximum Gasteiger partial charge on any atom is 0.137 e. The van der Waals surface area contributed by atoms with Gasteiger partial charge in [0.1, 0.15) is 18.0 Å². The average Bonchev–Trinajstić information content (AvgIpc) is 2.37. The molecule has 0 atom stereocenters. The summed E-state index contributed by atoms with van der Waals surface area (Å²) in [5.41, 5.74) is 1.04. The van der Waals surface area contributed by atoms with Gasteiger partial charge in [0.25, 0.3) is 0 Å². The molecular formula is C14H23N5. The van der Waals surface area contributed by atoms with Gasteiger partial charge >= 0.3 is 0 Å². The van der Waals surface area contributed by atoms with Crippen molar-refractivity contribution >= 4 is 11.6 Å². The maximum absolute atomic E-state index is 8.78. The third-order valence-electron chi connectivity index (χ3n) is 2.78. The first-order valence-corrected chi connectivity index (χ1v) is 6.77. The minimum absolute atomic E-state index is 0.507. The van der Waals surface area contributed by atoms with Crippen LogP contribution < -0.4 is 10.2 Å². The van der Waals surface area contributed by atoms with Crippen molar-refractivity contribution in [2.45, 2.75) is 34.1 Å². The van der Waals surface area contributed by atoms with Crippen molar-refractivity contribution in [3.8, 4) is 6.07 Å². The molecule has 1 rings (SSSR count). The molecule has 0 aliphatic rings. The molecule has 0 aliphatic carbocycles. The lowest BCUT2D eigenvalue weighted by Crippen LogP contribution is -2.30. The summed E-state index contributed by atoms with van der Waals surface area (Å²) < 4.78 is 0. The molecule has 104 valence electrons. The van der Waals surface area contributed by atoms with Crippen LogP contribution >= 0.6 is 0 Å². The molecular weight excluding hydrogens is 238 g/mol. The van der Waals surface area contributed by atoms with Gasteiger partial charge < -0.3 is 10.2 Å². The van der Waals surface area contributed by atoms with Crippen LogP contribution in [0.4, 0.5) is 11.6 Å². The number of nitriles is 1. The van der Waals surface area contributed by atoms with Gasteiger partial charge in [0.05, 0.1) is 12.5 Å². The van der Waals surface area contributed by atoms with Gasteiger partial charge in [-0.15, -0.1) is 0 Å². The van der Waals surface area contributed by atoms with Gasteiger partial charge in [-0.2, -0.15) is 5.26 Å². The highest BCUT2D eigenvalue weighted by molar-refractivity contribution is 5.57. The van der Waals surface area contributed by atoms with Gasteiger partial charge in [0.15, 0.2) is 0 Å². The number of rotatable bonds is 7. The standard InChI is InChI=1S/C14H23N5/c1-5-16-13-12(4)14(18-10-17-13)19(8-6-7-15)9-11(2)3/h10-11H,5-6,8-9H2,1-4H3,(H,16,17,18). The fourth-order valence-corrected chi connectivity index (χ4v) is 2.01. The first-order chi connectivity index (χ1) is 9.10. The van der Waals surface area contributed by atoms with E-state index in [-0.39, 0.29) is 0 Å². The predicted octanol–water partition coefficient (Wildman–Crippen LogP) is 2.59. The van der Waals surface area contributed by atoms with Crippen molar-refractivity contribution in [1.82, 2.24) is 9.97 Å². The lowest BCUT2D eigenvalue weighted by atomic mass is 10.2. The molecule has 1 aromatic heterocycles. The number of anilines is 2. The molecule has 0 saturated carbocycles. The van der Waals surface area contributed by atoms with E-state index in [1.807, 2.05) is 13.8 Å². The topological polar surface area (TPSA) is 64.8 Å². The highest BCUT2D eigenvalue weighted by atomic mass is 15.2. The predicted molar refractivity (Wildman–Crippen MR) is 78.2 cm³/mol. The molecule has 0 saturated heterocycles. The van der Waals surface area contributed by atoms with E-state index in [0.717, 1.165) is 30.3 Å². The van der Waals surface area contributed by atoms with Crippen LogP contribution in [0.3, 0.4) is 0 Å². The highest BCUT2D eigenvalue weighted by Crippen LogP contribution is 2.23. The molecule has 0 aliphatic heterocycles. The average molecular weight is 261 g/mol. The molecule has 0 spiro atoms. The van der Waals surface area contributed by atoms with Crippen LogP contribution in [0.1, 0.15) is 32.8 Å². The first-order valence-electron chi connectivity index (χ1n) is 6.77. The Labute approximate surface area is 115 Å². The van der Waals surface area contributed by atoms with Gasteiger partial charge in [-0.25, -0.2) is 9.97 Å². The zero-order valence-electron chi connectivity index (χ0n) is 12.3. The summed E-state index contributed by atoms with van der Waals surface area (Å²) in [7, 11) is 0. The number of hydrogen-bond donors (Lipinski definition) is 1. The Kier molecular flexibility index (Phi) is 6.07. The van der Waals surface area contributed by atoms with Crippen LogP contribution in [0.15, 0.2) is 6.33 Å². The summed E-state index contributed by atoms with van der Waals surface area (Å²) in [4.78, 5) is 10.8. The summed E-state index contributed by atoms with van der Waals surface area (Å²) in [5.74, 6) is 2.32. The Hall–Kier alpha value is -1.83. The summed E-state index contributed by atoms with van der Waals surface area (Å²) in [6.45, 7) is 10.8. The summed E-state index contributed by atoms with van der Waals surface area (Å²) >= 11 is 0. The SMILES string of the molecule is CCNc1ncnc(N(CCC#N)CC(C)C)c1C. The molecule has 0 fully saturated rings. The van der Waals surface area contributed by atoms with Gasteiger partial charge in [-0.05, 0) is 19.8 Å². The van der Waals surface area contributed by atoms with Crippen molar-refractivity contribution < 1.29 is 0 Å². The van der Waals surface area contributed by atoms with E-state index in [1.165, 1.54) is 0 Å². The molecule has 5 heteroatoms. The van der Waals surface area contributed by atoms with Crippen molar-refractivity contribution in [1.29, 1.82) is 5.26 Å². The van der Waals surface area contributed by atoms with Gasteiger partial charge in [-0.1, -0.05) is 13.8 Å². The zero-order chi connectivity index (χ0) is 14.3. The van der Waals surface area contributed by atoms with Crippen LogP contribution in [0.5, 0.6) is 0 Å². The van der Waals surface area contributed by atoms with E-state index >= 15 is 0 Å². The summed E-state index contributed by atoms with van der Waals surface area (Å²) in [6, 6.07) is 2.20. The smallest absolute Gasteiger partial charge is 0.137 e. The van der Waals surface area contributed by atoms with E-state index in [2.05, 4.69) is 40.1 Å². The number of nitrogens with one attached hydrogen (secondary N) is 1. The quantitative estimate of drug-likeness (QED) is 0.817. The van der Waals surface area contributed by atoms with Crippen molar-refractivity contribution in [3.63, 3.8) is 0 Å². The lowest BCUT2D eigenvalue weighted by Gasteiger charge is -2.26. The Balaban J connectivity index is 3.00. The summed E-state index contributed by atoms with van der Waals surface area (Å²) in [6.07, 6.45) is 2.09. The number of aromatic nitrogens is 2. The van der Waals surface area contributed by atoms with Crippen LogP contribution in [0.25, 0.3) is 0 Å². The fourth-order valence-electron chi connectivity index (χ4n) is 2.01. The molecule has 0 bridgehead atoms. The molecule has 1 heterocycles. The van der Waals surface area contributed by atoms with E-state index < -0.39 is 0 Å². The molecule has 0 radical (unpaired) electrons. The number of nitrogens with zero attached hydrogens (tertiary/aromatic N) is 4. The molecule has 5 nitrogen and oxygen atoms in total. The maximum atomic E-state index is 8.78. The van der Waals surface area contributed by atoms with E-state index in [9.17, 15) is 0 Å². The molecule has 19 heavy (non-hydrogen) atoms. The lowest BCUT2D eigenvalue weighted by molar-refractivity contribution is 0.606. The third-order valence-corrected chi connectivity index (χ3v) is 2.78. The number of hydrogen-bond acceptors (Lipinski definition) is 5. The fraction of sp³-hybridized carbons (Fsp3) is 0.643. The Bertz CT molecular complexity index is 436. The van der Waals surface area contributed by atoms with E-state index in [0.29, 0.717) is 18.9 Å².